The molecule has 1 aliphatic rings. The molecule has 1 aliphatic heterocycles. The molecule has 7 heteroatoms. The van der Waals surface area contributed by atoms with Crippen molar-refractivity contribution in [2.45, 2.75) is 38.8 Å². The first-order chi connectivity index (χ1) is 9.38. The highest BCUT2D eigenvalue weighted by molar-refractivity contribution is 6.00. The second kappa shape index (κ2) is 5.62. The van der Waals surface area contributed by atoms with Gasteiger partial charge in [-0.25, -0.2) is 0 Å². The minimum Gasteiger partial charge on any atom is -0.344 e. The molecule has 0 bridgehead atoms. The molecule has 1 fully saturated rings. The van der Waals surface area contributed by atoms with Crippen LogP contribution in [-0.2, 0) is 16.6 Å². The molecule has 1 aromatic heterocycles. The maximum atomic E-state index is 12.3. The molecule has 2 rings (SSSR count). The van der Waals surface area contributed by atoms with Crippen molar-refractivity contribution in [2.75, 3.05) is 11.4 Å². The van der Waals surface area contributed by atoms with Crippen LogP contribution in [0.2, 0.25) is 0 Å². The van der Waals surface area contributed by atoms with Crippen LogP contribution in [0.5, 0.6) is 0 Å². The van der Waals surface area contributed by atoms with E-state index in [0.717, 1.165) is 11.5 Å². The molecule has 1 saturated heterocycles. The highest BCUT2D eigenvalue weighted by atomic mass is 16.2. The van der Waals surface area contributed by atoms with E-state index in [-0.39, 0.29) is 24.3 Å². The maximum absolute atomic E-state index is 12.3. The number of carbonyl (C=O) groups is 2. The topological polar surface area (TPSA) is 93.3 Å². The van der Waals surface area contributed by atoms with Gasteiger partial charge in [0.1, 0.15) is 11.9 Å². The van der Waals surface area contributed by atoms with Gasteiger partial charge >= 0.3 is 0 Å². The number of carbonyl (C=O) groups excluding carboxylic acids is 2. The molecule has 0 aliphatic carbocycles. The smallest absolute Gasteiger partial charge is 0.250 e. The first kappa shape index (κ1) is 14.5. The van der Waals surface area contributed by atoms with Crippen LogP contribution in [0.3, 0.4) is 0 Å². The fraction of sp³-hybridized carbons (Fsp3) is 0.615. The summed E-state index contributed by atoms with van der Waals surface area (Å²) in [6.45, 7) is 4.23. The van der Waals surface area contributed by atoms with Crippen molar-refractivity contribution >= 4 is 17.6 Å². The molecule has 0 aromatic carbocycles. The molecule has 1 aromatic rings. The quantitative estimate of drug-likeness (QED) is 0.790. The molecule has 2 unspecified atom stereocenters. The van der Waals surface area contributed by atoms with Crippen LogP contribution in [-0.4, -0.2) is 40.2 Å². The van der Waals surface area contributed by atoms with E-state index in [4.69, 9.17) is 5.73 Å². The van der Waals surface area contributed by atoms with Crippen molar-refractivity contribution in [3.05, 3.63) is 11.8 Å². The molecule has 7 nitrogen and oxygen atoms in total. The number of nitrogens with zero attached hydrogens (tertiary/aromatic N) is 3. The number of aromatic nitrogens is 2. The standard InChI is InChI=1S/C13H21N5O2/c1-8(14)6-11(19)15-10-4-5-18(13(10)20)12-7-9(2)16-17(12)3/h7-8,10H,4-6,14H2,1-3H3,(H,15,19). The van der Waals surface area contributed by atoms with Gasteiger partial charge in [0, 0.05) is 32.1 Å². The first-order valence-corrected chi connectivity index (χ1v) is 6.75. The molecule has 0 radical (unpaired) electrons. The maximum Gasteiger partial charge on any atom is 0.250 e. The minimum atomic E-state index is -0.462. The van der Waals surface area contributed by atoms with Crippen LogP contribution < -0.4 is 16.0 Å². The molecule has 0 spiro atoms. The summed E-state index contributed by atoms with van der Waals surface area (Å²) in [5, 5.41) is 6.98. The Balaban J connectivity index is 2.03. The number of nitrogens with one attached hydrogen (secondary N) is 1. The summed E-state index contributed by atoms with van der Waals surface area (Å²) < 4.78 is 1.68. The van der Waals surface area contributed by atoms with Crippen molar-refractivity contribution < 1.29 is 9.59 Å². The summed E-state index contributed by atoms with van der Waals surface area (Å²) >= 11 is 0. The van der Waals surface area contributed by atoms with Gasteiger partial charge in [0.2, 0.25) is 5.91 Å². The van der Waals surface area contributed by atoms with Crippen LogP contribution in [0.1, 0.15) is 25.5 Å². The first-order valence-electron chi connectivity index (χ1n) is 6.75. The van der Waals surface area contributed by atoms with Gasteiger partial charge in [-0.3, -0.25) is 19.2 Å². The van der Waals surface area contributed by atoms with Crippen LogP contribution >= 0.6 is 0 Å². The Labute approximate surface area is 118 Å². The molecule has 3 N–H and O–H groups in total. The Kier molecular flexibility index (Phi) is 4.08. The Morgan fingerprint density at radius 2 is 2.35 bits per heavy atom. The summed E-state index contributed by atoms with van der Waals surface area (Å²) in [4.78, 5) is 25.7. The average Bonchev–Trinajstić information content (AvgIpc) is 2.82. The number of hydrogen-bond acceptors (Lipinski definition) is 4. The number of rotatable bonds is 4. The lowest BCUT2D eigenvalue weighted by Crippen LogP contribution is -2.43. The summed E-state index contributed by atoms with van der Waals surface area (Å²) in [5.41, 5.74) is 6.44. The Morgan fingerprint density at radius 1 is 1.65 bits per heavy atom. The van der Waals surface area contributed by atoms with Gasteiger partial charge in [-0.1, -0.05) is 0 Å². The molecule has 2 heterocycles. The molecular weight excluding hydrogens is 258 g/mol. The Hall–Kier alpha value is -1.89. The molecular formula is C13H21N5O2. The number of aryl methyl sites for hydroxylation is 2. The highest BCUT2D eigenvalue weighted by Crippen LogP contribution is 2.21. The second-order valence-corrected chi connectivity index (χ2v) is 5.35. The van der Waals surface area contributed by atoms with Crippen LogP contribution in [0, 0.1) is 6.92 Å². The van der Waals surface area contributed by atoms with E-state index < -0.39 is 6.04 Å². The highest BCUT2D eigenvalue weighted by Gasteiger charge is 2.34. The summed E-state index contributed by atoms with van der Waals surface area (Å²) in [7, 11) is 1.80. The molecule has 0 saturated carbocycles. The summed E-state index contributed by atoms with van der Waals surface area (Å²) in [6, 6.07) is 1.20. The number of hydrogen-bond donors (Lipinski definition) is 2. The lowest BCUT2D eigenvalue weighted by atomic mass is 10.2. The van der Waals surface area contributed by atoms with Crippen LogP contribution in [0.25, 0.3) is 0 Å². The third kappa shape index (κ3) is 2.98. The third-order valence-corrected chi connectivity index (χ3v) is 3.30. The van der Waals surface area contributed by atoms with E-state index in [0.29, 0.717) is 13.0 Å². The number of anilines is 1. The van der Waals surface area contributed by atoms with Crippen molar-refractivity contribution in [1.29, 1.82) is 0 Å². The molecule has 2 atom stereocenters. The summed E-state index contributed by atoms with van der Waals surface area (Å²) in [6.07, 6.45) is 0.836. The monoisotopic (exact) mass is 279 g/mol. The zero-order chi connectivity index (χ0) is 14.9. The van der Waals surface area contributed by atoms with Gasteiger partial charge < -0.3 is 11.1 Å². The van der Waals surface area contributed by atoms with E-state index in [1.807, 2.05) is 13.0 Å². The molecule has 20 heavy (non-hydrogen) atoms. The van der Waals surface area contributed by atoms with Gasteiger partial charge in [0.05, 0.1) is 5.69 Å². The zero-order valence-corrected chi connectivity index (χ0v) is 12.1. The predicted molar refractivity (Wildman–Crippen MR) is 75.1 cm³/mol. The van der Waals surface area contributed by atoms with Crippen LogP contribution in [0.15, 0.2) is 6.07 Å². The van der Waals surface area contributed by atoms with Crippen LogP contribution in [0.4, 0.5) is 5.82 Å². The zero-order valence-electron chi connectivity index (χ0n) is 12.1. The van der Waals surface area contributed by atoms with Crippen molar-refractivity contribution in [3.8, 4) is 0 Å². The predicted octanol–water partition coefficient (Wildman–Crippen LogP) is -0.313. The Bertz CT molecular complexity index is 523. The largest absolute Gasteiger partial charge is 0.344 e. The van der Waals surface area contributed by atoms with E-state index in [1.54, 1.807) is 23.6 Å². The van der Waals surface area contributed by atoms with Gasteiger partial charge in [-0.15, -0.1) is 0 Å². The van der Waals surface area contributed by atoms with Crippen molar-refractivity contribution in [3.63, 3.8) is 0 Å². The van der Waals surface area contributed by atoms with E-state index in [2.05, 4.69) is 10.4 Å². The minimum absolute atomic E-state index is 0.0916. The van der Waals surface area contributed by atoms with E-state index in [9.17, 15) is 9.59 Å². The fourth-order valence-electron chi connectivity index (χ4n) is 2.44. The van der Waals surface area contributed by atoms with Crippen molar-refractivity contribution in [2.24, 2.45) is 12.8 Å². The number of nitrogens with two attached hydrogens (primary N) is 1. The fourth-order valence-corrected chi connectivity index (χ4v) is 2.44. The van der Waals surface area contributed by atoms with Gasteiger partial charge in [0.25, 0.3) is 5.91 Å². The lowest BCUT2D eigenvalue weighted by molar-refractivity contribution is -0.126. The Morgan fingerprint density at radius 3 is 2.90 bits per heavy atom. The molecule has 110 valence electrons. The van der Waals surface area contributed by atoms with Gasteiger partial charge in [0.15, 0.2) is 0 Å². The number of amides is 2. The van der Waals surface area contributed by atoms with Crippen molar-refractivity contribution in [1.82, 2.24) is 15.1 Å². The average molecular weight is 279 g/mol. The second-order valence-electron chi connectivity index (χ2n) is 5.35. The lowest BCUT2D eigenvalue weighted by Gasteiger charge is -2.17. The normalized spacial score (nSPS) is 20.3. The third-order valence-electron chi connectivity index (χ3n) is 3.30. The van der Waals surface area contributed by atoms with E-state index >= 15 is 0 Å². The molecule has 2 amide bonds. The van der Waals surface area contributed by atoms with Gasteiger partial charge in [-0.05, 0) is 20.3 Å². The SMILES string of the molecule is Cc1cc(N2CCC(NC(=O)CC(C)N)C2=O)n(C)n1. The van der Waals surface area contributed by atoms with Gasteiger partial charge in [-0.2, -0.15) is 5.10 Å². The summed E-state index contributed by atoms with van der Waals surface area (Å²) in [5.74, 6) is 0.490. The van der Waals surface area contributed by atoms with E-state index in [1.165, 1.54) is 0 Å².